The zero-order valence-corrected chi connectivity index (χ0v) is 18.2. The van der Waals surface area contributed by atoms with Crippen molar-refractivity contribution in [3.63, 3.8) is 0 Å². The van der Waals surface area contributed by atoms with Gasteiger partial charge in [-0.05, 0) is 58.2 Å². The Bertz CT molecular complexity index is 720. The molecule has 0 unspecified atom stereocenters. The van der Waals surface area contributed by atoms with Gasteiger partial charge in [-0.2, -0.15) is 0 Å². The molecule has 1 amide bonds. The average molecular weight is 409 g/mol. The van der Waals surface area contributed by atoms with E-state index in [0.29, 0.717) is 36.6 Å². The maximum Gasteiger partial charge on any atom is 0.341 e. The number of anilines is 1. The number of amides is 1. The Morgan fingerprint density at radius 1 is 1.32 bits per heavy atom. The second-order valence-corrected chi connectivity index (χ2v) is 9.58. The van der Waals surface area contributed by atoms with Crippen LogP contribution in [0.2, 0.25) is 0 Å². The van der Waals surface area contributed by atoms with Gasteiger partial charge in [0.15, 0.2) is 0 Å². The van der Waals surface area contributed by atoms with Gasteiger partial charge in [-0.3, -0.25) is 4.79 Å². The molecule has 1 aromatic rings. The van der Waals surface area contributed by atoms with E-state index < -0.39 is 0 Å². The van der Waals surface area contributed by atoms with Crippen molar-refractivity contribution in [3.05, 3.63) is 16.0 Å². The van der Waals surface area contributed by atoms with Crippen molar-refractivity contribution in [3.8, 4) is 0 Å². The van der Waals surface area contributed by atoms with E-state index in [0.717, 1.165) is 36.0 Å². The topological polar surface area (TPSA) is 67.9 Å². The van der Waals surface area contributed by atoms with Crippen LogP contribution in [0.5, 0.6) is 0 Å². The molecule has 28 heavy (non-hydrogen) atoms. The van der Waals surface area contributed by atoms with Crippen molar-refractivity contribution >= 4 is 28.2 Å². The van der Waals surface area contributed by atoms with Gasteiger partial charge >= 0.3 is 5.97 Å². The Hall–Kier alpha value is -1.44. The first-order chi connectivity index (χ1) is 13.3. The summed E-state index contributed by atoms with van der Waals surface area (Å²) < 4.78 is 11.2. The number of carbonyl (C=O) groups is 2. The lowest BCUT2D eigenvalue weighted by molar-refractivity contribution is -0.116. The molecule has 1 aromatic heterocycles. The van der Waals surface area contributed by atoms with E-state index in [4.69, 9.17) is 9.47 Å². The third-order valence-corrected chi connectivity index (χ3v) is 6.67. The number of carbonyl (C=O) groups excluding carboxylic acids is 2. The number of rotatable bonds is 6. The Kier molecular flexibility index (Phi) is 6.78. The first kappa shape index (κ1) is 21.3. The molecule has 1 fully saturated rings. The van der Waals surface area contributed by atoms with Gasteiger partial charge in [0.25, 0.3) is 0 Å². The molecule has 0 spiro atoms. The summed E-state index contributed by atoms with van der Waals surface area (Å²) in [6.07, 6.45) is 3.46. The zero-order chi connectivity index (χ0) is 20.3. The van der Waals surface area contributed by atoms with E-state index in [9.17, 15) is 9.59 Å². The third kappa shape index (κ3) is 5.13. The second kappa shape index (κ2) is 8.93. The van der Waals surface area contributed by atoms with Crippen molar-refractivity contribution in [2.75, 3.05) is 31.6 Å². The Morgan fingerprint density at radius 3 is 2.71 bits per heavy atom. The largest absolute Gasteiger partial charge is 0.462 e. The van der Waals surface area contributed by atoms with Crippen LogP contribution < -0.4 is 5.32 Å². The minimum Gasteiger partial charge on any atom is -0.462 e. The van der Waals surface area contributed by atoms with E-state index in [-0.39, 0.29) is 17.5 Å². The molecule has 0 saturated carbocycles. The fourth-order valence-corrected chi connectivity index (χ4v) is 4.93. The predicted octanol–water partition coefficient (Wildman–Crippen LogP) is 3.84. The van der Waals surface area contributed by atoms with Crippen LogP contribution in [0.1, 0.15) is 67.8 Å². The van der Waals surface area contributed by atoms with E-state index in [1.54, 1.807) is 6.92 Å². The van der Waals surface area contributed by atoms with Crippen LogP contribution in [-0.4, -0.2) is 48.6 Å². The Balaban J connectivity index is 1.69. The predicted molar refractivity (Wildman–Crippen MR) is 111 cm³/mol. The van der Waals surface area contributed by atoms with Gasteiger partial charge in [0, 0.05) is 24.3 Å². The highest BCUT2D eigenvalue weighted by Crippen LogP contribution is 2.40. The van der Waals surface area contributed by atoms with Gasteiger partial charge in [-0.1, -0.05) is 6.92 Å². The molecule has 7 heteroatoms. The van der Waals surface area contributed by atoms with Crippen molar-refractivity contribution < 1.29 is 19.1 Å². The molecule has 3 heterocycles. The standard InChI is InChI=1S/C21H32N2O4S/c1-5-26-20(25)18-15-12-21(3,4)27-13-16(15)28-19(18)22-17(24)8-11-23-9-6-14(2)7-10-23/h14H,5-13H2,1-4H3,(H,22,24). The maximum absolute atomic E-state index is 12.6. The molecule has 1 N–H and O–H groups in total. The number of ether oxygens (including phenoxy) is 2. The lowest BCUT2D eigenvalue weighted by atomic mass is 9.93. The molecule has 0 aliphatic carbocycles. The minimum absolute atomic E-state index is 0.0528. The number of likely N-dealkylation sites (tertiary alicyclic amines) is 1. The molecule has 0 aromatic carbocycles. The lowest BCUT2D eigenvalue weighted by Crippen LogP contribution is -2.35. The van der Waals surface area contributed by atoms with Crippen molar-refractivity contribution in [2.45, 2.75) is 65.6 Å². The second-order valence-electron chi connectivity index (χ2n) is 8.48. The van der Waals surface area contributed by atoms with Gasteiger partial charge in [0.1, 0.15) is 5.00 Å². The van der Waals surface area contributed by atoms with Crippen LogP contribution in [0.3, 0.4) is 0 Å². The van der Waals surface area contributed by atoms with Crippen molar-refractivity contribution in [1.29, 1.82) is 0 Å². The minimum atomic E-state index is -0.363. The number of fused-ring (bicyclic) bond motifs is 1. The number of nitrogens with one attached hydrogen (secondary N) is 1. The molecule has 0 atom stereocenters. The highest BCUT2D eigenvalue weighted by Gasteiger charge is 2.34. The molecule has 156 valence electrons. The van der Waals surface area contributed by atoms with E-state index in [2.05, 4.69) is 17.1 Å². The van der Waals surface area contributed by atoms with E-state index >= 15 is 0 Å². The van der Waals surface area contributed by atoms with Gasteiger partial charge in [-0.15, -0.1) is 11.3 Å². The number of hydrogen-bond donors (Lipinski definition) is 1. The van der Waals surface area contributed by atoms with Crippen molar-refractivity contribution in [2.24, 2.45) is 5.92 Å². The summed E-state index contributed by atoms with van der Waals surface area (Å²) in [5.74, 6) is 0.363. The number of hydrogen-bond acceptors (Lipinski definition) is 6. The average Bonchev–Trinajstić information content (AvgIpc) is 2.97. The normalized spacial score (nSPS) is 19.9. The number of nitrogens with zero attached hydrogens (tertiary/aromatic N) is 1. The Morgan fingerprint density at radius 2 is 2.04 bits per heavy atom. The first-order valence-corrected chi connectivity index (χ1v) is 11.1. The van der Waals surface area contributed by atoms with Crippen LogP contribution in [-0.2, 0) is 27.3 Å². The summed E-state index contributed by atoms with van der Waals surface area (Å²) in [7, 11) is 0. The molecular formula is C21H32N2O4S. The van der Waals surface area contributed by atoms with E-state index in [1.165, 1.54) is 24.2 Å². The van der Waals surface area contributed by atoms with Crippen LogP contribution in [0.4, 0.5) is 5.00 Å². The molecule has 2 aliphatic rings. The van der Waals surface area contributed by atoms with Gasteiger partial charge in [0.05, 0.1) is 24.4 Å². The van der Waals surface area contributed by atoms with Crippen LogP contribution in [0.25, 0.3) is 0 Å². The number of piperidine rings is 1. The summed E-state index contributed by atoms with van der Waals surface area (Å²) in [5, 5.41) is 3.58. The quantitative estimate of drug-likeness (QED) is 0.725. The molecular weight excluding hydrogens is 376 g/mol. The SMILES string of the molecule is CCOC(=O)c1c(NC(=O)CCN2CCC(C)CC2)sc2c1CC(C)(C)OC2. The molecule has 0 radical (unpaired) electrons. The van der Waals surface area contributed by atoms with Gasteiger partial charge < -0.3 is 19.7 Å². The molecule has 0 bridgehead atoms. The maximum atomic E-state index is 12.6. The van der Waals surface area contributed by atoms with Crippen LogP contribution in [0.15, 0.2) is 0 Å². The molecule has 6 nitrogen and oxygen atoms in total. The van der Waals surface area contributed by atoms with Gasteiger partial charge in [0.2, 0.25) is 5.91 Å². The summed E-state index contributed by atoms with van der Waals surface area (Å²) in [4.78, 5) is 28.5. The number of thiophene rings is 1. The fourth-order valence-electron chi connectivity index (χ4n) is 3.80. The van der Waals surface area contributed by atoms with E-state index in [1.807, 2.05) is 13.8 Å². The summed E-state index contributed by atoms with van der Waals surface area (Å²) in [5.41, 5.74) is 1.14. The Labute approximate surface area is 171 Å². The molecule has 1 saturated heterocycles. The number of esters is 1. The van der Waals surface area contributed by atoms with Crippen molar-refractivity contribution in [1.82, 2.24) is 4.90 Å². The molecule has 2 aliphatic heterocycles. The smallest absolute Gasteiger partial charge is 0.341 e. The highest BCUT2D eigenvalue weighted by molar-refractivity contribution is 7.17. The summed E-state index contributed by atoms with van der Waals surface area (Å²) in [6.45, 7) is 11.7. The monoisotopic (exact) mass is 408 g/mol. The third-order valence-electron chi connectivity index (χ3n) is 5.55. The summed E-state index contributed by atoms with van der Waals surface area (Å²) >= 11 is 1.44. The molecule has 3 rings (SSSR count). The first-order valence-electron chi connectivity index (χ1n) is 10.3. The highest BCUT2D eigenvalue weighted by atomic mass is 32.1. The van der Waals surface area contributed by atoms with Gasteiger partial charge in [-0.25, -0.2) is 4.79 Å². The zero-order valence-electron chi connectivity index (χ0n) is 17.4. The summed E-state index contributed by atoms with van der Waals surface area (Å²) in [6, 6.07) is 0. The van der Waals surface area contributed by atoms with Crippen LogP contribution in [0, 0.1) is 5.92 Å². The fraction of sp³-hybridized carbons (Fsp3) is 0.714. The van der Waals surface area contributed by atoms with Crippen LogP contribution >= 0.6 is 11.3 Å². The lowest BCUT2D eigenvalue weighted by Gasteiger charge is -2.30.